The standard InChI is InChI=1S/C32H36F2N2O2/c1-21(2)38-27-9-7-23(8-10-27)22(3)24-11-15-35(16-12-24)26-13-17-36(18-14-26)32(37)29-6-4-5-28-30(29)19-25(33)20-31(28)34/h4-10,19-21,26H,11-18H2,1-3H3. The van der Waals surface area contributed by atoms with Gasteiger partial charge >= 0.3 is 0 Å². The number of halogens is 2. The number of nitrogens with zero attached hydrogens (tertiary/aromatic N) is 2. The highest BCUT2D eigenvalue weighted by Crippen LogP contribution is 2.31. The maximum atomic E-state index is 14.2. The Morgan fingerprint density at radius 3 is 2.26 bits per heavy atom. The van der Waals surface area contributed by atoms with E-state index in [1.54, 1.807) is 18.2 Å². The molecule has 1 amide bonds. The third-order valence-corrected chi connectivity index (χ3v) is 8.00. The van der Waals surface area contributed by atoms with E-state index in [0.29, 0.717) is 30.1 Å². The summed E-state index contributed by atoms with van der Waals surface area (Å²) in [6.45, 7) is 9.65. The van der Waals surface area contributed by atoms with Crippen molar-refractivity contribution in [2.45, 2.75) is 58.6 Å². The van der Waals surface area contributed by atoms with E-state index in [1.807, 2.05) is 18.7 Å². The van der Waals surface area contributed by atoms with Crippen molar-refractivity contribution in [2.75, 3.05) is 26.2 Å². The number of rotatable bonds is 5. The zero-order valence-electron chi connectivity index (χ0n) is 22.5. The van der Waals surface area contributed by atoms with Crippen molar-refractivity contribution in [3.8, 4) is 5.75 Å². The highest BCUT2D eigenvalue weighted by Gasteiger charge is 2.30. The Bertz CT molecular complexity index is 1330. The maximum absolute atomic E-state index is 14.2. The zero-order chi connectivity index (χ0) is 26.8. The minimum Gasteiger partial charge on any atom is -0.491 e. The molecular formula is C32H36F2N2O2. The van der Waals surface area contributed by atoms with Gasteiger partial charge in [-0.1, -0.05) is 29.8 Å². The first kappa shape index (κ1) is 26.4. The molecule has 0 atom stereocenters. The van der Waals surface area contributed by atoms with Gasteiger partial charge in [-0.25, -0.2) is 8.78 Å². The monoisotopic (exact) mass is 518 g/mol. The van der Waals surface area contributed by atoms with Crippen molar-refractivity contribution in [1.29, 1.82) is 0 Å². The van der Waals surface area contributed by atoms with Gasteiger partial charge in [0.2, 0.25) is 0 Å². The molecule has 0 aromatic heterocycles. The summed E-state index contributed by atoms with van der Waals surface area (Å²) in [5.41, 5.74) is 4.50. The van der Waals surface area contributed by atoms with Crippen molar-refractivity contribution < 1.29 is 18.3 Å². The number of likely N-dealkylation sites (tertiary alicyclic amines) is 2. The molecule has 200 valence electrons. The van der Waals surface area contributed by atoms with Crippen LogP contribution in [0.2, 0.25) is 0 Å². The van der Waals surface area contributed by atoms with Crippen LogP contribution in [0.3, 0.4) is 0 Å². The van der Waals surface area contributed by atoms with Gasteiger partial charge < -0.3 is 9.64 Å². The van der Waals surface area contributed by atoms with Crippen LogP contribution in [0.5, 0.6) is 5.75 Å². The lowest BCUT2D eigenvalue weighted by molar-refractivity contribution is 0.0610. The predicted octanol–water partition coefficient (Wildman–Crippen LogP) is 7.08. The maximum Gasteiger partial charge on any atom is 0.254 e. The van der Waals surface area contributed by atoms with E-state index in [4.69, 9.17) is 4.74 Å². The highest BCUT2D eigenvalue weighted by molar-refractivity contribution is 6.07. The molecule has 3 aromatic rings. The number of carbonyl (C=O) groups is 1. The second-order valence-electron chi connectivity index (χ2n) is 10.8. The quantitative estimate of drug-likeness (QED) is 0.362. The molecule has 0 bridgehead atoms. The summed E-state index contributed by atoms with van der Waals surface area (Å²) in [5, 5.41) is 0.615. The summed E-state index contributed by atoms with van der Waals surface area (Å²) in [4.78, 5) is 17.7. The van der Waals surface area contributed by atoms with Gasteiger partial charge in [-0.3, -0.25) is 9.69 Å². The lowest BCUT2D eigenvalue weighted by Crippen LogP contribution is -2.48. The summed E-state index contributed by atoms with van der Waals surface area (Å²) in [6.07, 6.45) is 4.11. The Hall–Kier alpha value is -3.25. The average molecular weight is 519 g/mol. The van der Waals surface area contributed by atoms with Gasteiger partial charge in [0.05, 0.1) is 6.10 Å². The molecule has 2 aliphatic heterocycles. The van der Waals surface area contributed by atoms with Gasteiger partial charge in [0.15, 0.2) is 0 Å². The van der Waals surface area contributed by atoms with E-state index in [-0.39, 0.29) is 17.4 Å². The first-order valence-corrected chi connectivity index (χ1v) is 13.7. The Balaban J connectivity index is 1.18. The molecule has 6 heteroatoms. The molecule has 4 nitrogen and oxygen atoms in total. The number of piperidine rings is 2. The Labute approximate surface area is 223 Å². The SMILES string of the molecule is CC(=C1CCN(C2CCN(C(=O)c3cccc4c(F)cc(F)cc34)CC2)CC1)c1ccc(OC(C)C)cc1. The molecule has 0 N–H and O–H groups in total. The minimum absolute atomic E-state index is 0.150. The van der Waals surface area contributed by atoms with Crippen molar-refractivity contribution >= 4 is 22.3 Å². The van der Waals surface area contributed by atoms with Gasteiger partial charge in [-0.15, -0.1) is 0 Å². The summed E-state index contributed by atoms with van der Waals surface area (Å²) in [6, 6.07) is 15.9. The Kier molecular flexibility index (Phi) is 7.80. The fourth-order valence-electron chi connectivity index (χ4n) is 5.89. The summed E-state index contributed by atoms with van der Waals surface area (Å²) in [7, 11) is 0. The highest BCUT2D eigenvalue weighted by atomic mass is 19.1. The van der Waals surface area contributed by atoms with Crippen LogP contribution in [-0.4, -0.2) is 54.0 Å². The molecule has 0 unspecified atom stereocenters. The van der Waals surface area contributed by atoms with Crippen molar-refractivity contribution in [2.24, 2.45) is 0 Å². The van der Waals surface area contributed by atoms with Gasteiger partial charge in [0, 0.05) is 54.6 Å². The minimum atomic E-state index is -0.667. The molecule has 2 aliphatic rings. The average Bonchev–Trinajstić information content (AvgIpc) is 2.92. The number of ether oxygens (including phenoxy) is 1. The predicted molar refractivity (Wildman–Crippen MR) is 148 cm³/mol. The van der Waals surface area contributed by atoms with Gasteiger partial charge in [0.1, 0.15) is 17.4 Å². The molecule has 38 heavy (non-hydrogen) atoms. The van der Waals surface area contributed by atoms with Gasteiger partial charge in [-0.2, -0.15) is 0 Å². The first-order chi connectivity index (χ1) is 18.3. The van der Waals surface area contributed by atoms with Crippen LogP contribution in [0, 0.1) is 11.6 Å². The number of carbonyl (C=O) groups excluding carboxylic acids is 1. The number of benzene rings is 3. The molecular weight excluding hydrogens is 482 g/mol. The van der Waals surface area contributed by atoms with Crippen LogP contribution in [0.25, 0.3) is 16.3 Å². The van der Waals surface area contributed by atoms with E-state index in [0.717, 1.165) is 50.6 Å². The molecule has 2 saturated heterocycles. The second-order valence-corrected chi connectivity index (χ2v) is 10.8. The van der Waals surface area contributed by atoms with Crippen LogP contribution in [0.4, 0.5) is 8.78 Å². The Morgan fingerprint density at radius 2 is 1.61 bits per heavy atom. The molecule has 2 heterocycles. The third kappa shape index (κ3) is 5.60. The number of fused-ring (bicyclic) bond motifs is 1. The van der Waals surface area contributed by atoms with Crippen LogP contribution in [-0.2, 0) is 0 Å². The fourth-order valence-corrected chi connectivity index (χ4v) is 5.89. The van der Waals surface area contributed by atoms with Gasteiger partial charge in [0.25, 0.3) is 5.91 Å². The molecule has 0 aliphatic carbocycles. The molecule has 2 fully saturated rings. The lowest BCUT2D eigenvalue weighted by Gasteiger charge is -2.41. The molecule has 3 aromatic carbocycles. The second kappa shape index (κ2) is 11.2. The smallest absolute Gasteiger partial charge is 0.254 e. The number of hydrogen-bond acceptors (Lipinski definition) is 3. The molecule has 5 rings (SSSR count). The van der Waals surface area contributed by atoms with E-state index >= 15 is 0 Å². The van der Waals surface area contributed by atoms with Crippen LogP contribution >= 0.6 is 0 Å². The van der Waals surface area contributed by atoms with Crippen LogP contribution in [0.15, 0.2) is 60.2 Å². The molecule has 0 radical (unpaired) electrons. The number of allylic oxidation sites excluding steroid dienone is 1. The zero-order valence-corrected chi connectivity index (χ0v) is 22.5. The molecule has 0 spiro atoms. The van der Waals surface area contributed by atoms with E-state index in [9.17, 15) is 13.6 Å². The first-order valence-electron chi connectivity index (χ1n) is 13.7. The van der Waals surface area contributed by atoms with Crippen molar-refractivity contribution in [1.82, 2.24) is 9.80 Å². The van der Waals surface area contributed by atoms with Crippen LogP contribution < -0.4 is 4.74 Å². The van der Waals surface area contributed by atoms with E-state index < -0.39 is 11.6 Å². The lowest BCUT2D eigenvalue weighted by atomic mass is 9.92. The van der Waals surface area contributed by atoms with Crippen LogP contribution in [0.1, 0.15) is 62.4 Å². The summed E-state index contributed by atoms with van der Waals surface area (Å²) >= 11 is 0. The normalized spacial score (nSPS) is 17.3. The Morgan fingerprint density at radius 1 is 0.921 bits per heavy atom. The van der Waals surface area contributed by atoms with E-state index in [1.165, 1.54) is 22.8 Å². The fraction of sp³-hybridized carbons (Fsp3) is 0.406. The number of hydrogen-bond donors (Lipinski definition) is 0. The topological polar surface area (TPSA) is 32.8 Å². The third-order valence-electron chi connectivity index (χ3n) is 8.00. The van der Waals surface area contributed by atoms with Gasteiger partial charge in [-0.05, 0) is 81.9 Å². The molecule has 0 saturated carbocycles. The number of amides is 1. The van der Waals surface area contributed by atoms with Crippen molar-refractivity contribution in [3.63, 3.8) is 0 Å². The largest absolute Gasteiger partial charge is 0.491 e. The summed E-state index contributed by atoms with van der Waals surface area (Å²) in [5.74, 6) is -0.552. The van der Waals surface area contributed by atoms with E-state index in [2.05, 4.69) is 36.1 Å². The summed E-state index contributed by atoms with van der Waals surface area (Å²) < 4.78 is 33.9. The van der Waals surface area contributed by atoms with Crippen molar-refractivity contribution in [3.05, 3.63) is 82.9 Å².